The fourth-order valence-electron chi connectivity index (χ4n) is 3.39. The number of pyridine rings is 1. The number of benzene rings is 1. The zero-order valence-electron chi connectivity index (χ0n) is 16.9. The minimum atomic E-state index is -3.77. The molecule has 30 heavy (non-hydrogen) atoms. The lowest BCUT2D eigenvalue weighted by atomic mass is 10.2. The summed E-state index contributed by atoms with van der Waals surface area (Å²) in [4.78, 5) is 31.1. The van der Waals surface area contributed by atoms with Crippen LogP contribution in [-0.4, -0.2) is 86.2 Å². The molecular weight excluding hydrogens is 408 g/mol. The number of rotatable bonds is 6. The molecule has 0 bridgehead atoms. The lowest BCUT2D eigenvalue weighted by Crippen LogP contribution is -2.52. The van der Waals surface area contributed by atoms with Gasteiger partial charge in [0.2, 0.25) is 27.7 Å². The van der Waals surface area contributed by atoms with Gasteiger partial charge in [0, 0.05) is 50.2 Å². The van der Waals surface area contributed by atoms with Crippen LogP contribution in [0, 0.1) is 0 Å². The maximum Gasteiger partial charge on any atom is 0.246 e. The molecule has 1 aromatic heterocycles. The molecule has 0 radical (unpaired) electrons. The predicted molar refractivity (Wildman–Crippen MR) is 111 cm³/mol. The van der Waals surface area contributed by atoms with Crippen molar-refractivity contribution in [3.05, 3.63) is 43.1 Å². The molecule has 2 heterocycles. The van der Waals surface area contributed by atoms with E-state index in [2.05, 4.69) is 11.6 Å². The summed E-state index contributed by atoms with van der Waals surface area (Å²) in [6.45, 7) is 4.18. The summed E-state index contributed by atoms with van der Waals surface area (Å²) in [5, 5.41) is 1.15. The topological polar surface area (TPSA) is 100 Å². The third-order valence-electron chi connectivity index (χ3n) is 5.06. The summed E-state index contributed by atoms with van der Waals surface area (Å²) in [5.74, 6) is -0.214. The first-order valence-corrected chi connectivity index (χ1v) is 10.8. The predicted octanol–water partition coefficient (Wildman–Crippen LogP) is 0.721. The molecule has 1 aromatic carbocycles. The average Bonchev–Trinajstić information content (AvgIpc) is 2.77. The molecule has 0 saturated carbocycles. The van der Waals surface area contributed by atoms with Gasteiger partial charge in [0.05, 0.1) is 18.6 Å². The Labute approximate surface area is 175 Å². The van der Waals surface area contributed by atoms with E-state index in [1.54, 1.807) is 29.2 Å². The molecule has 9 nitrogen and oxygen atoms in total. The molecule has 1 saturated heterocycles. The van der Waals surface area contributed by atoms with Crippen LogP contribution in [-0.2, 0) is 19.6 Å². The maximum atomic E-state index is 13.3. The van der Waals surface area contributed by atoms with Gasteiger partial charge in [-0.1, -0.05) is 12.6 Å². The Morgan fingerprint density at radius 2 is 1.90 bits per heavy atom. The average molecular weight is 433 g/mol. The minimum absolute atomic E-state index is 0.0757. The number of methoxy groups -OCH3 is 1. The van der Waals surface area contributed by atoms with Gasteiger partial charge in [0.15, 0.2) is 0 Å². The SMILES string of the molecule is C=CC(=O)N(C)CC(=O)N1CCN(S(=O)(=O)c2cccc3c(OC)nccc23)CC1. The Bertz CT molecular complexity index is 1080. The Morgan fingerprint density at radius 1 is 1.20 bits per heavy atom. The van der Waals surface area contributed by atoms with Crippen LogP contribution in [0.25, 0.3) is 10.8 Å². The van der Waals surface area contributed by atoms with E-state index >= 15 is 0 Å². The van der Waals surface area contributed by atoms with Gasteiger partial charge in [0.1, 0.15) is 0 Å². The second-order valence-electron chi connectivity index (χ2n) is 6.85. The lowest BCUT2D eigenvalue weighted by molar-refractivity contribution is -0.138. The zero-order valence-corrected chi connectivity index (χ0v) is 17.8. The van der Waals surface area contributed by atoms with Crippen molar-refractivity contribution in [3.63, 3.8) is 0 Å². The van der Waals surface area contributed by atoms with Gasteiger partial charge in [0.25, 0.3) is 0 Å². The van der Waals surface area contributed by atoms with E-state index in [0.717, 1.165) is 6.08 Å². The van der Waals surface area contributed by atoms with Crippen LogP contribution in [0.1, 0.15) is 0 Å². The molecule has 3 rings (SSSR count). The smallest absolute Gasteiger partial charge is 0.246 e. The van der Waals surface area contributed by atoms with Crippen molar-refractivity contribution in [3.8, 4) is 5.88 Å². The summed E-state index contributed by atoms with van der Waals surface area (Å²) in [5.41, 5.74) is 0. The quantitative estimate of drug-likeness (QED) is 0.624. The van der Waals surface area contributed by atoms with E-state index in [4.69, 9.17) is 4.74 Å². The number of hydrogen-bond acceptors (Lipinski definition) is 6. The van der Waals surface area contributed by atoms with Crippen molar-refractivity contribution in [2.45, 2.75) is 4.90 Å². The van der Waals surface area contributed by atoms with Crippen molar-refractivity contribution in [1.82, 2.24) is 19.1 Å². The van der Waals surface area contributed by atoms with Crippen molar-refractivity contribution in [1.29, 1.82) is 0 Å². The summed E-state index contributed by atoms with van der Waals surface area (Å²) in [6, 6.07) is 6.63. The second-order valence-corrected chi connectivity index (χ2v) is 8.76. The first-order valence-electron chi connectivity index (χ1n) is 9.36. The number of sulfonamides is 1. The van der Waals surface area contributed by atoms with Crippen LogP contribution in [0.3, 0.4) is 0 Å². The molecule has 10 heteroatoms. The van der Waals surface area contributed by atoms with Crippen LogP contribution >= 0.6 is 0 Å². The number of ether oxygens (including phenoxy) is 1. The molecule has 2 aromatic rings. The first-order chi connectivity index (χ1) is 14.3. The van der Waals surface area contributed by atoms with Gasteiger partial charge in [-0.2, -0.15) is 4.31 Å². The van der Waals surface area contributed by atoms with Crippen molar-refractivity contribution in [2.75, 3.05) is 46.9 Å². The summed E-state index contributed by atoms with van der Waals surface area (Å²) in [7, 11) is -0.763. The maximum absolute atomic E-state index is 13.3. The van der Waals surface area contributed by atoms with Gasteiger partial charge in [-0.05, 0) is 24.3 Å². The minimum Gasteiger partial charge on any atom is -0.481 e. The Morgan fingerprint density at radius 3 is 2.53 bits per heavy atom. The van der Waals surface area contributed by atoms with Crippen LogP contribution in [0.15, 0.2) is 48.0 Å². The zero-order chi connectivity index (χ0) is 21.9. The highest BCUT2D eigenvalue weighted by molar-refractivity contribution is 7.89. The van der Waals surface area contributed by atoms with E-state index < -0.39 is 10.0 Å². The van der Waals surface area contributed by atoms with E-state index in [0.29, 0.717) is 16.7 Å². The van der Waals surface area contributed by atoms with Crippen molar-refractivity contribution >= 4 is 32.6 Å². The molecule has 0 unspecified atom stereocenters. The molecule has 160 valence electrons. The highest BCUT2D eigenvalue weighted by Gasteiger charge is 2.31. The molecule has 0 atom stereocenters. The standard InChI is InChI=1S/C20H24N4O5S/c1-4-18(25)22(2)14-19(26)23-10-12-24(13-11-23)30(27,28)17-7-5-6-16-15(17)8-9-21-20(16)29-3/h4-9H,1,10-14H2,2-3H3. The normalized spacial score (nSPS) is 15.1. The summed E-state index contributed by atoms with van der Waals surface area (Å²) >= 11 is 0. The molecule has 0 N–H and O–H groups in total. The second kappa shape index (κ2) is 8.80. The van der Waals surface area contributed by atoms with Crippen LogP contribution < -0.4 is 4.74 Å². The monoisotopic (exact) mass is 432 g/mol. The number of aromatic nitrogens is 1. The fraction of sp³-hybridized carbons (Fsp3) is 0.350. The number of amides is 2. The van der Waals surface area contributed by atoms with Crippen LogP contribution in [0.4, 0.5) is 0 Å². The van der Waals surface area contributed by atoms with Gasteiger partial charge in [-0.25, -0.2) is 13.4 Å². The molecule has 0 spiro atoms. The fourth-order valence-corrected chi connectivity index (χ4v) is 5.02. The summed E-state index contributed by atoms with van der Waals surface area (Å²) in [6.07, 6.45) is 2.66. The Hall–Kier alpha value is -2.98. The number of carbonyl (C=O) groups excluding carboxylic acids is 2. The number of nitrogens with zero attached hydrogens (tertiary/aromatic N) is 4. The van der Waals surface area contributed by atoms with E-state index in [1.165, 1.54) is 29.6 Å². The number of carbonyl (C=O) groups is 2. The largest absolute Gasteiger partial charge is 0.481 e. The van der Waals surface area contributed by atoms with Gasteiger partial charge in [-0.15, -0.1) is 0 Å². The number of piperazine rings is 1. The number of likely N-dealkylation sites (N-methyl/N-ethyl adjacent to an activating group) is 1. The van der Waals surface area contributed by atoms with E-state index in [9.17, 15) is 18.0 Å². The van der Waals surface area contributed by atoms with Gasteiger partial charge < -0.3 is 14.5 Å². The molecule has 0 aliphatic carbocycles. The Balaban J connectivity index is 1.76. The lowest BCUT2D eigenvalue weighted by Gasteiger charge is -2.34. The molecule has 1 aliphatic heterocycles. The third-order valence-corrected chi connectivity index (χ3v) is 7.01. The molecule has 2 amide bonds. The number of hydrogen-bond donors (Lipinski definition) is 0. The van der Waals surface area contributed by atoms with Gasteiger partial charge >= 0.3 is 0 Å². The highest BCUT2D eigenvalue weighted by Crippen LogP contribution is 2.30. The van der Waals surface area contributed by atoms with Crippen LogP contribution in [0.2, 0.25) is 0 Å². The van der Waals surface area contributed by atoms with Crippen molar-refractivity contribution in [2.24, 2.45) is 0 Å². The van der Waals surface area contributed by atoms with Gasteiger partial charge in [-0.3, -0.25) is 9.59 Å². The molecular formula is C20H24N4O5S. The first kappa shape index (κ1) is 21.7. The van der Waals surface area contributed by atoms with E-state index in [1.807, 2.05) is 0 Å². The summed E-state index contributed by atoms with van der Waals surface area (Å²) < 4.78 is 33.2. The van der Waals surface area contributed by atoms with Crippen molar-refractivity contribution < 1.29 is 22.7 Å². The number of fused-ring (bicyclic) bond motifs is 1. The van der Waals surface area contributed by atoms with E-state index in [-0.39, 0.29) is 49.4 Å². The van der Waals surface area contributed by atoms with Crippen LogP contribution in [0.5, 0.6) is 5.88 Å². The molecule has 1 aliphatic rings. The third kappa shape index (κ3) is 4.14. The Kier molecular flexibility index (Phi) is 6.37. The highest BCUT2D eigenvalue weighted by atomic mass is 32.2. The molecule has 1 fully saturated rings.